The number of non-ortho nitro benzene ring substituents is 1. The van der Waals surface area contributed by atoms with E-state index in [1.54, 1.807) is 19.1 Å². The van der Waals surface area contributed by atoms with Gasteiger partial charge in [0, 0.05) is 31.8 Å². The molecule has 0 aliphatic carbocycles. The Morgan fingerprint density at radius 2 is 1.92 bits per heavy atom. The Morgan fingerprint density at radius 1 is 1.20 bits per heavy atom. The summed E-state index contributed by atoms with van der Waals surface area (Å²) in [5, 5.41) is 14.1. The minimum Gasteiger partial charge on any atom is -0.311 e. The normalized spacial score (nSPS) is 14.2. The highest BCUT2D eigenvalue weighted by molar-refractivity contribution is 7.92. The number of halogens is 1. The molecule has 9 heteroatoms. The van der Waals surface area contributed by atoms with Crippen LogP contribution >= 0.6 is 12.4 Å². The molecule has 1 heterocycles. The van der Waals surface area contributed by atoms with E-state index in [9.17, 15) is 18.5 Å². The number of nitrogens with zero attached hydrogens (tertiary/aromatic N) is 2. The number of hydrogen-bond acceptors (Lipinski definition) is 5. The predicted octanol–water partition coefficient (Wildman–Crippen LogP) is 2.62. The van der Waals surface area contributed by atoms with Crippen LogP contribution in [0.5, 0.6) is 0 Å². The fourth-order valence-electron chi connectivity index (χ4n) is 2.83. The summed E-state index contributed by atoms with van der Waals surface area (Å²) in [6.07, 6.45) is 0. The number of benzene rings is 2. The van der Waals surface area contributed by atoms with Crippen LogP contribution in [0.4, 0.5) is 11.4 Å². The van der Waals surface area contributed by atoms with Gasteiger partial charge >= 0.3 is 0 Å². The predicted molar refractivity (Wildman–Crippen MR) is 97.8 cm³/mol. The molecule has 3 rings (SSSR count). The Bertz CT molecular complexity index is 902. The number of hydrogen-bond donors (Lipinski definition) is 1. The second kappa shape index (κ2) is 7.38. The molecule has 134 valence electrons. The van der Waals surface area contributed by atoms with Crippen molar-refractivity contribution in [3.63, 3.8) is 0 Å². The standard InChI is InChI=1S/C16H17N3O4S.ClH/c1-12-10-14(19(20)21)6-7-16(12)24(22,23)18-9-8-17-11-13-4-2-3-5-15(13)18;/h2-7,10,17H,8-9,11H2,1H3;1H. The number of nitro benzene ring substituents is 1. The van der Waals surface area contributed by atoms with Crippen LogP contribution in [0.2, 0.25) is 0 Å². The van der Waals surface area contributed by atoms with Crippen LogP contribution in [0.25, 0.3) is 0 Å². The molecule has 0 radical (unpaired) electrons. The van der Waals surface area contributed by atoms with Gasteiger partial charge < -0.3 is 5.32 Å². The summed E-state index contributed by atoms with van der Waals surface area (Å²) < 4.78 is 27.6. The van der Waals surface area contributed by atoms with E-state index in [0.29, 0.717) is 30.9 Å². The summed E-state index contributed by atoms with van der Waals surface area (Å²) in [7, 11) is -3.80. The second-order valence-corrected chi connectivity index (χ2v) is 7.42. The van der Waals surface area contributed by atoms with E-state index in [1.807, 2.05) is 12.1 Å². The number of anilines is 1. The average molecular weight is 384 g/mol. The molecule has 0 unspecified atom stereocenters. The number of nitro groups is 1. The molecule has 0 amide bonds. The number of fused-ring (bicyclic) bond motifs is 1. The molecular formula is C16H18ClN3O4S. The quantitative estimate of drug-likeness (QED) is 0.649. The third-order valence-corrected chi connectivity index (χ3v) is 5.98. The minimum absolute atomic E-state index is 0. The minimum atomic E-state index is -3.80. The van der Waals surface area contributed by atoms with Crippen LogP contribution in [0, 0.1) is 17.0 Å². The van der Waals surface area contributed by atoms with Crippen molar-refractivity contribution < 1.29 is 13.3 Å². The molecule has 25 heavy (non-hydrogen) atoms. The van der Waals surface area contributed by atoms with Crippen LogP contribution in [0.15, 0.2) is 47.4 Å². The van der Waals surface area contributed by atoms with E-state index in [1.165, 1.54) is 22.5 Å². The van der Waals surface area contributed by atoms with Crippen molar-refractivity contribution in [2.45, 2.75) is 18.4 Å². The van der Waals surface area contributed by atoms with Crippen LogP contribution < -0.4 is 9.62 Å². The Hall–Kier alpha value is -2.16. The summed E-state index contributed by atoms with van der Waals surface area (Å²) in [6, 6.07) is 11.2. The SMILES string of the molecule is Cc1cc([N+](=O)[O-])ccc1S(=O)(=O)N1CCNCc2ccccc21.Cl. The third-order valence-electron chi connectivity index (χ3n) is 4.00. The summed E-state index contributed by atoms with van der Waals surface area (Å²) in [5.41, 5.74) is 1.78. The lowest BCUT2D eigenvalue weighted by Crippen LogP contribution is -2.35. The van der Waals surface area contributed by atoms with Crippen LogP contribution in [-0.2, 0) is 16.6 Å². The van der Waals surface area contributed by atoms with Crippen molar-refractivity contribution in [3.05, 3.63) is 63.7 Å². The second-order valence-electron chi connectivity index (χ2n) is 5.59. The lowest BCUT2D eigenvalue weighted by atomic mass is 10.2. The molecule has 0 aromatic heterocycles. The Labute approximate surface area is 152 Å². The maximum absolute atomic E-state index is 13.1. The monoisotopic (exact) mass is 383 g/mol. The van der Waals surface area contributed by atoms with E-state index in [4.69, 9.17) is 0 Å². The van der Waals surface area contributed by atoms with E-state index in [-0.39, 0.29) is 23.0 Å². The molecule has 0 fully saturated rings. The number of aryl methyl sites for hydroxylation is 1. The molecule has 0 bridgehead atoms. The largest absolute Gasteiger partial charge is 0.311 e. The maximum atomic E-state index is 13.1. The molecule has 2 aromatic rings. The van der Waals surface area contributed by atoms with E-state index in [0.717, 1.165) is 5.56 Å². The Kier molecular flexibility index (Phi) is 5.66. The van der Waals surface area contributed by atoms with Crippen molar-refractivity contribution in [2.24, 2.45) is 0 Å². The molecule has 0 atom stereocenters. The van der Waals surface area contributed by atoms with Crippen molar-refractivity contribution in [3.8, 4) is 0 Å². The molecular weight excluding hydrogens is 366 g/mol. The number of para-hydroxylation sites is 1. The Balaban J connectivity index is 0.00000225. The molecule has 1 N–H and O–H groups in total. The van der Waals surface area contributed by atoms with Gasteiger partial charge in [-0.05, 0) is 30.2 Å². The van der Waals surface area contributed by atoms with Crippen LogP contribution in [0.1, 0.15) is 11.1 Å². The highest BCUT2D eigenvalue weighted by atomic mass is 35.5. The van der Waals surface area contributed by atoms with E-state index in [2.05, 4.69) is 5.32 Å². The van der Waals surface area contributed by atoms with Crippen LogP contribution in [-0.4, -0.2) is 26.4 Å². The first-order chi connectivity index (χ1) is 11.4. The fraction of sp³-hybridized carbons (Fsp3) is 0.250. The van der Waals surface area contributed by atoms with E-state index >= 15 is 0 Å². The lowest BCUT2D eigenvalue weighted by molar-refractivity contribution is -0.385. The van der Waals surface area contributed by atoms with Gasteiger partial charge in [0.2, 0.25) is 0 Å². The highest BCUT2D eigenvalue weighted by Crippen LogP contribution is 2.30. The summed E-state index contributed by atoms with van der Waals surface area (Å²) in [5.74, 6) is 0. The van der Waals surface area contributed by atoms with Gasteiger partial charge in [-0.25, -0.2) is 8.42 Å². The zero-order valence-electron chi connectivity index (χ0n) is 13.5. The van der Waals surface area contributed by atoms with Gasteiger partial charge in [-0.2, -0.15) is 0 Å². The summed E-state index contributed by atoms with van der Waals surface area (Å²) >= 11 is 0. The van der Waals surface area contributed by atoms with Gasteiger partial charge in [0.15, 0.2) is 0 Å². The van der Waals surface area contributed by atoms with Crippen molar-refractivity contribution in [1.29, 1.82) is 0 Å². The molecule has 2 aromatic carbocycles. The first kappa shape index (κ1) is 19.2. The smallest absolute Gasteiger partial charge is 0.269 e. The molecule has 0 saturated carbocycles. The summed E-state index contributed by atoms with van der Waals surface area (Å²) in [6.45, 7) is 3.00. The first-order valence-corrected chi connectivity index (χ1v) is 8.91. The fourth-order valence-corrected chi connectivity index (χ4v) is 4.54. The topological polar surface area (TPSA) is 92.5 Å². The van der Waals surface area contributed by atoms with Crippen molar-refractivity contribution in [1.82, 2.24) is 5.32 Å². The lowest BCUT2D eigenvalue weighted by Gasteiger charge is -2.25. The number of rotatable bonds is 3. The average Bonchev–Trinajstić information content (AvgIpc) is 2.77. The van der Waals surface area contributed by atoms with Gasteiger partial charge in [0.25, 0.3) is 15.7 Å². The third kappa shape index (κ3) is 3.60. The van der Waals surface area contributed by atoms with Gasteiger partial charge in [0.05, 0.1) is 15.5 Å². The van der Waals surface area contributed by atoms with Crippen molar-refractivity contribution >= 4 is 33.8 Å². The zero-order chi connectivity index (χ0) is 17.3. The molecule has 7 nitrogen and oxygen atoms in total. The first-order valence-electron chi connectivity index (χ1n) is 7.47. The maximum Gasteiger partial charge on any atom is 0.269 e. The van der Waals surface area contributed by atoms with E-state index < -0.39 is 14.9 Å². The highest BCUT2D eigenvalue weighted by Gasteiger charge is 2.29. The van der Waals surface area contributed by atoms with Gasteiger partial charge in [-0.3, -0.25) is 14.4 Å². The number of sulfonamides is 1. The number of nitrogens with one attached hydrogen (secondary N) is 1. The molecule has 0 saturated heterocycles. The zero-order valence-corrected chi connectivity index (χ0v) is 15.1. The molecule has 0 spiro atoms. The van der Waals surface area contributed by atoms with Crippen molar-refractivity contribution in [2.75, 3.05) is 17.4 Å². The molecule has 1 aliphatic rings. The van der Waals surface area contributed by atoms with Crippen LogP contribution in [0.3, 0.4) is 0 Å². The van der Waals surface area contributed by atoms with Gasteiger partial charge in [-0.1, -0.05) is 18.2 Å². The Morgan fingerprint density at radius 3 is 2.60 bits per heavy atom. The summed E-state index contributed by atoms with van der Waals surface area (Å²) in [4.78, 5) is 10.4. The molecule has 1 aliphatic heterocycles. The van der Waals surface area contributed by atoms with Gasteiger partial charge in [-0.15, -0.1) is 12.4 Å². The van der Waals surface area contributed by atoms with Gasteiger partial charge in [0.1, 0.15) is 0 Å².